The first kappa shape index (κ1) is 25.4. The Balaban J connectivity index is 2.58. The van der Waals surface area contributed by atoms with Crippen molar-refractivity contribution in [3.05, 3.63) is 11.6 Å². The SMILES string of the molecule is CCCCCCC#CC1=CC(=O)[C@H](CCCCCCC)[C@@H]1OCCCCC(N)=O. The summed E-state index contributed by atoms with van der Waals surface area (Å²) in [5, 5.41) is 0. The van der Waals surface area contributed by atoms with Gasteiger partial charge in [-0.3, -0.25) is 9.59 Å². The van der Waals surface area contributed by atoms with Gasteiger partial charge in [-0.25, -0.2) is 0 Å². The molecule has 0 heterocycles. The van der Waals surface area contributed by atoms with E-state index in [1.165, 1.54) is 44.9 Å². The summed E-state index contributed by atoms with van der Waals surface area (Å²) in [6.45, 7) is 4.95. The van der Waals surface area contributed by atoms with Gasteiger partial charge in [0.15, 0.2) is 5.78 Å². The maximum Gasteiger partial charge on any atom is 0.217 e. The number of carbonyl (C=O) groups excluding carboxylic acids is 2. The van der Waals surface area contributed by atoms with Crippen LogP contribution in [0.25, 0.3) is 0 Å². The highest BCUT2D eigenvalue weighted by atomic mass is 16.5. The van der Waals surface area contributed by atoms with Crippen molar-refractivity contribution >= 4 is 11.7 Å². The fourth-order valence-corrected chi connectivity index (χ4v) is 3.70. The first-order valence-corrected chi connectivity index (χ1v) is 11.7. The fraction of sp³-hybridized carbons (Fsp3) is 0.760. The van der Waals surface area contributed by atoms with Gasteiger partial charge in [-0.1, -0.05) is 77.1 Å². The van der Waals surface area contributed by atoms with Crippen molar-refractivity contribution in [2.24, 2.45) is 11.7 Å². The average Bonchev–Trinajstić information content (AvgIpc) is 2.98. The first-order chi connectivity index (χ1) is 14.1. The van der Waals surface area contributed by atoms with Crippen LogP contribution in [0.15, 0.2) is 11.6 Å². The van der Waals surface area contributed by atoms with E-state index in [4.69, 9.17) is 10.5 Å². The summed E-state index contributed by atoms with van der Waals surface area (Å²) >= 11 is 0. The summed E-state index contributed by atoms with van der Waals surface area (Å²) in [4.78, 5) is 23.5. The van der Waals surface area contributed by atoms with E-state index in [9.17, 15) is 9.59 Å². The molecule has 1 aliphatic carbocycles. The van der Waals surface area contributed by atoms with E-state index in [1.807, 2.05) is 0 Å². The second kappa shape index (κ2) is 16.2. The van der Waals surface area contributed by atoms with E-state index in [2.05, 4.69) is 25.7 Å². The second-order valence-electron chi connectivity index (χ2n) is 8.14. The number of amides is 1. The average molecular weight is 404 g/mol. The Bertz CT molecular complexity index is 570. The lowest BCUT2D eigenvalue weighted by Gasteiger charge is -2.21. The van der Waals surface area contributed by atoms with Gasteiger partial charge in [-0.15, -0.1) is 0 Å². The number of rotatable bonds is 16. The van der Waals surface area contributed by atoms with Crippen molar-refractivity contribution in [2.45, 2.75) is 110 Å². The lowest BCUT2D eigenvalue weighted by molar-refractivity contribution is -0.120. The summed E-state index contributed by atoms with van der Waals surface area (Å²) in [6, 6.07) is 0. The number of primary amides is 1. The summed E-state index contributed by atoms with van der Waals surface area (Å²) in [5.74, 6) is 6.26. The van der Waals surface area contributed by atoms with Gasteiger partial charge in [0.2, 0.25) is 5.91 Å². The third-order valence-electron chi connectivity index (χ3n) is 5.46. The molecule has 0 aliphatic heterocycles. The first-order valence-electron chi connectivity index (χ1n) is 11.7. The van der Waals surface area contributed by atoms with Crippen molar-refractivity contribution in [3.8, 4) is 11.8 Å². The van der Waals surface area contributed by atoms with Gasteiger partial charge in [0, 0.05) is 25.0 Å². The third kappa shape index (κ3) is 11.2. The zero-order chi connectivity index (χ0) is 21.3. The smallest absolute Gasteiger partial charge is 0.217 e. The zero-order valence-corrected chi connectivity index (χ0v) is 18.6. The summed E-state index contributed by atoms with van der Waals surface area (Å²) in [7, 11) is 0. The van der Waals surface area contributed by atoms with E-state index in [0.717, 1.165) is 44.1 Å². The monoisotopic (exact) mass is 403 g/mol. The lowest BCUT2D eigenvalue weighted by atomic mass is 9.93. The van der Waals surface area contributed by atoms with Gasteiger partial charge >= 0.3 is 0 Å². The number of ketones is 1. The van der Waals surface area contributed by atoms with Crippen molar-refractivity contribution in [1.29, 1.82) is 0 Å². The standard InChI is InChI=1S/C25H41NO3/c1-3-5-7-9-11-12-16-21-20-23(27)22(17-13-10-8-6-4-2)25(21)29-19-15-14-18-24(26)28/h20,22,25H,3-11,13-15,17-19H2,1-2H3,(H2,26,28)/t22-,25+/m0/s1. The number of allylic oxidation sites excluding steroid dienone is 1. The molecule has 29 heavy (non-hydrogen) atoms. The molecule has 0 aromatic rings. The molecule has 0 fully saturated rings. The summed E-state index contributed by atoms with van der Waals surface area (Å²) in [5.41, 5.74) is 6.04. The Morgan fingerprint density at radius 3 is 2.38 bits per heavy atom. The maximum absolute atomic E-state index is 12.6. The van der Waals surface area contributed by atoms with E-state index in [0.29, 0.717) is 13.0 Å². The van der Waals surface area contributed by atoms with Crippen molar-refractivity contribution in [1.82, 2.24) is 0 Å². The van der Waals surface area contributed by atoms with Crippen LogP contribution >= 0.6 is 0 Å². The lowest BCUT2D eigenvalue weighted by Crippen LogP contribution is -2.26. The van der Waals surface area contributed by atoms with Crippen LogP contribution in [0, 0.1) is 17.8 Å². The molecule has 0 bridgehead atoms. The molecule has 2 N–H and O–H groups in total. The molecule has 4 heteroatoms. The quantitative estimate of drug-likeness (QED) is 0.274. The van der Waals surface area contributed by atoms with Gasteiger partial charge in [0.25, 0.3) is 0 Å². The molecular weight excluding hydrogens is 362 g/mol. The van der Waals surface area contributed by atoms with Crippen molar-refractivity contribution in [3.63, 3.8) is 0 Å². The van der Waals surface area contributed by atoms with Crippen LogP contribution in [0.1, 0.15) is 104 Å². The Labute approximate surface area is 178 Å². The van der Waals surface area contributed by atoms with Gasteiger partial charge in [0.1, 0.15) is 6.10 Å². The minimum atomic E-state index is -0.277. The Morgan fingerprint density at radius 1 is 1.00 bits per heavy atom. The number of carbonyl (C=O) groups is 2. The molecule has 0 saturated heterocycles. The van der Waals surface area contributed by atoms with E-state index in [-0.39, 0.29) is 23.7 Å². The highest BCUT2D eigenvalue weighted by molar-refractivity contribution is 5.97. The number of hydrogen-bond donors (Lipinski definition) is 1. The highest BCUT2D eigenvalue weighted by Gasteiger charge is 2.35. The fourth-order valence-electron chi connectivity index (χ4n) is 3.70. The summed E-state index contributed by atoms with van der Waals surface area (Å²) in [6.07, 6.45) is 15.8. The Kier molecular flexibility index (Phi) is 14.2. The predicted molar refractivity (Wildman–Crippen MR) is 119 cm³/mol. The molecule has 0 aromatic heterocycles. The van der Waals surface area contributed by atoms with Crippen LogP contribution in [0.5, 0.6) is 0 Å². The molecule has 1 rings (SSSR count). The summed E-state index contributed by atoms with van der Waals surface area (Å²) < 4.78 is 6.11. The van der Waals surface area contributed by atoms with Crippen molar-refractivity contribution < 1.29 is 14.3 Å². The Hall–Kier alpha value is -1.60. The number of hydrogen-bond acceptors (Lipinski definition) is 3. The maximum atomic E-state index is 12.6. The zero-order valence-electron chi connectivity index (χ0n) is 18.6. The molecule has 1 amide bonds. The minimum absolute atomic E-state index is 0.0999. The number of ether oxygens (including phenoxy) is 1. The van der Waals surface area contributed by atoms with E-state index < -0.39 is 0 Å². The molecule has 4 nitrogen and oxygen atoms in total. The number of unbranched alkanes of at least 4 members (excludes halogenated alkanes) is 9. The van der Waals surface area contributed by atoms with Gasteiger partial charge < -0.3 is 10.5 Å². The van der Waals surface area contributed by atoms with E-state index in [1.54, 1.807) is 6.08 Å². The second-order valence-corrected chi connectivity index (χ2v) is 8.14. The van der Waals surface area contributed by atoms with Gasteiger partial charge in [-0.05, 0) is 31.8 Å². The van der Waals surface area contributed by atoms with Crippen LogP contribution in [-0.4, -0.2) is 24.4 Å². The van der Waals surface area contributed by atoms with Crippen LogP contribution in [0.3, 0.4) is 0 Å². The molecule has 0 aromatic carbocycles. The molecule has 0 unspecified atom stereocenters. The van der Waals surface area contributed by atoms with Crippen molar-refractivity contribution in [2.75, 3.05) is 6.61 Å². The molecule has 164 valence electrons. The largest absolute Gasteiger partial charge is 0.372 e. The van der Waals surface area contributed by atoms with Crippen LogP contribution in [-0.2, 0) is 14.3 Å². The van der Waals surface area contributed by atoms with Crippen LogP contribution in [0.4, 0.5) is 0 Å². The van der Waals surface area contributed by atoms with Gasteiger partial charge in [-0.2, -0.15) is 0 Å². The third-order valence-corrected chi connectivity index (χ3v) is 5.46. The van der Waals surface area contributed by atoms with Crippen LogP contribution in [0.2, 0.25) is 0 Å². The minimum Gasteiger partial charge on any atom is -0.372 e. The predicted octanol–water partition coefficient (Wildman–Crippen LogP) is 5.49. The normalized spacial score (nSPS) is 18.4. The molecule has 1 aliphatic rings. The molecule has 2 atom stereocenters. The molecular formula is C25H41NO3. The molecule has 0 saturated carbocycles. The van der Waals surface area contributed by atoms with E-state index >= 15 is 0 Å². The highest BCUT2D eigenvalue weighted by Crippen LogP contribution is 2.30. The van der Waals surface area contributed by atoms with Gasteiger partial charge in [0.05, 0.1) is 5.92 Å². The molecule has 0 radical (unpaired) electrons. The van der Waals surface area contributed by atoms with Crippen LogP contribution < -0.4 is 5.73 Å². The Morgan fingerprint density at radius 2 is 1.69 bits per heavy atom. The topological polar surface area (TPSA) is 69.4 Å². The molecule has 0 spiro atoms. The number of nitrogens with two attached hydrogens (primary N) is 1.